The van der Waals surface area contributed by atoms with Crippen molar-refractivity contribution in [2.45, 2.75) is 26.7 Å². The molecule has 0 fully saturated rings. The Morgan fingerprint density at radius 2 is 2.16 bits per heavy atom. The zero-order chi connectivity index (χ0) is 13.2. The van der Waals surface area contributed by atoms with Crippen molar-refractivity contribution in [3.8, 4) is 0 Å². The highest BCUT2D eigenvalue weighted by atomic mass is 15.4. The van der Waals surface area contributed by atoms with Crippen molar-refractivity contribution in [3.05, 3.63) is 30.4 Å². The molecule has 96 valence electrons. The topological polar surface area (TPSA) is 56.0 Å². The molecule has 3 aromatic rings. The lowest BCUT2D eigenvalue weighted by Crippen LogP contribution is -1.97. The third-order valence-electron chi connectivity index (χ3n) is 2.98. The van der Waals surface area contributed by atoms with Gasteiger partial charge in [0.05, 0.1) is 11.7 Å². The third kappa shape index (κ3) is 1.87. The number of rotatable bonds is 3. The first-order valence-electron chi connectivity index (χ1n) is 6.49. The standard InChI is InChI=1S/C14H15N5/c1-3-7-17-19-12(4-2)18-11-9-16-10-6-5-8-15-13(10)14(11)19/h5-9H,3-4H2,1-2H3. The molecule has 3 rings (SSSR count). The molecule has 0 aliphatic rings. The van der Waals surface area contributed by atoms with Gasteiger partial charge in [0.2, 0.25) is 0 Å². The van der Waals surface area contributed by atoms with Crippen molar-refractivity contribution in [2.24, 2.45) is 5.10 Å². The fraction of sp³-hybridized carbons (Fsp3) is 0.286. The van der Waals surface area contributed by atoms with Crippen LogP contribution in [0.4, 0.5) is 0 Å². The Morgan fingerprint density at radius 3 is 2.95 bits per heavy atom. The van der Waals surface area contributed by atoms with Gasteiger partial charge in [-0.15, -0.1) is 0 Å². The first-order chi connectivity index (χ1) is 9.35. The lowest BCUT2D eigenvalue weighted by Gasteiger charge is -2.02. The number of hydrogen-bond acceptors (Lipinski definition) is 4. The van der Waals surface area contributed by atoms with E-state index < -0.39 is 0 Å². The quantitative estimate of drug-likeness (QED) is 0.674. The van der Waals surface area contributed by atoms with Gasteiger partial charge in [-0.05, 0) is 18.6 Å². The lowest BCUT2D eigenvalue weighted by molar-refractivity contribution is 0.807. The molecule has 0 bridgehead atoms. The van der Waals surface area contributed by atoms with Crippen LogP contribution in [0.3, 0.4) is 0 Å². The molecular formula is C14H15N5. The van der Waals surface area contributed by atoms with E-state index in [1.54, 1.807) is 12.4 Å². The highest BCUT2D eigenvalue weighted by Crippen LogP contribution is 2.23. The average Bonchev–Trinajstić information content (AvgIpc) is 2.83. The van der Waals surface area contributed by atoms with Crippen LogP contribution in [0.2, 0.25) is 0 Å². The van der Waals surface area contributed by atoms with Crippen LogP contribution in [0.15, 0.2) is 29.6 Å². The van der Waals surface area contributed by atoms with Crippen LogP contribution < -0.4 is 0 Å². The summed E-state index contributed by atoms with van der Waals surface area (Å²) in [7, 11) is 0. The monoisotopic (exact) mass is 253 g/mol. The predicted molar refractivity (Wildman–Crippen MR) is 76.4 cm³/mol. The van der Waals surface area contributed by atoms with Crippen molar-refractivity contribution >= 4 is 28.3 Å². The number of aryl methyl sites for hydroxylation is 1. The van der Waals surface area contributed by atoms with E-state index in [0.717, 1.165) is 40.7 Å². The molecule has 0 aliphatic heterocycles. The molecular weight excluding hydrogens is 238 g/mol. The SMILES string of the molecule is CCC=Nn1c(CC)nc2cnc3cccnc3c21. The smallest absolute Gasteiger partial charge is 0.131 e. The Balaban J connectivity index is 2.42. The highest BCUT2D eigenvalue weighted by molar-refractivity contribution is 5.99. The van der Waals surface area contributed by atoms with Crippen molar-refractivity contribution in [2.75, 3.05) is 0 Å². The van der Waals surface area contributed by atoms with Crippen molar-refractivity contribution in [1.29, 1.82) is 0 Å². The third-order valence-corrected chi connectivity index (χ3v) is 2.98. The molecule has 0 atom stereocenters. The van der Waals surface area contributed by atoms with Crippen molar-refractivity contribution < 1.29 is 0 Å². The summed E-state index contributed by atoms with van der Waals surface area (Å²) >= 11 is 0. The van der Waals surface area contributed by atoms with E-state index in [1.165, 1.54) is 0 Å². The Bertz CT molecular complexity index is 757. The molecule has 19 heavy (non-hydrogen) atoms. The molecule has 3 aromatic heterocycles. The van der Waals surface area contributed by atoms with E-state index >= 15 is 0 Å². The van der Waals surface area contributed by atoms with Gasteiger partial charge in [0.15, 0.2) is 0 Å². The summed E-state index contributed by atoms with van der Waals surface area (Å²) in [5.41, 5.74) is 3.49. The van der Waals surface area contributed by atoms with E-state index in [2.05, 4.69) is 33.9 Å². The van der Waals surface area contributed by atoms with Crippen LogP contribution in [0.25, 0.3) is 22.1 Å². The van der Waals surface area contributed by atoms with Gasteiger partial charge in [0.25, 0.3) is 0 Å². The molecule has 0 saturated heterocycles. The minimum absolute atomic E-state index is 0.823. The fourth-order valence-corrected chi connectivity index (χ4v) is 2.12. The van der Waals surface area contributed by atoms with Crippen LogP contribution >= 0.6 is 0 Å². The molecule has 0 radical (unpaired) electrons. The number of hydrogen-bond donors (Lipinski definition) is 0. The largest absolute Gasteiger partial charge is 0.252 e. The minimum Gasteiger partial charge on any atom is -0.252 e. The van der Waals surface area contributed by atoms with Crippen molar-refractivity contribution in [1.82, 2.24) is 19.6 Å². The molecule has 0 aliphatic carbocycles. The van der Waals surface area contributed by atoms with Gasteiger partial charge < -0.3 is 0 Å². The van der Waals surface area contributed by atoms with Gasteiger partial charge in [-0.3, -0.25) is 9.97 Å². The second-order valence-electron chi connectivity index (χ2n) is 4.26. The second-order valence-corrected chi connectivity index (χ2v) is 4.26. The molecule has 0 amide bonds. The molecule has 0 aromatic carbocycles. The molecule has 5 heteroatoms. The first-order valence-corrected chi connectivity index (χ1v) is 6.49. The summed E-state index contributed by atoms with van der Waals surface area (Å²) in [5.74, 6) is 0.930. The zero-order valence-electron chi connectivity index (χ0n) is 11.0. The minimum atomic E-state index is 0.823. The van der Waals surface area contributed by atoms with Crippen LogP contribution in [-0.2, 0) is 6.42 Å². The van der Waals surface area contributed by atoms with Gasteiger partial charge in [0.1, 0.15) is 22.4 Å². The van der Waals surface area contributed by atoms with E-state index in [1.807, 2.05) is 23.0 Å². The van der Waals surface area contributed by atoms with Gasteiger partial charge >= 0.3 is 0 Å². The summed E-state index contributed by atoms with van der Waals surface area (Å²) < 4.78 is 1.88. The van der Waals surface area contributed by atoms with Crippen molar-refractivity contribution in [3.63, 3.8) is 0 Å². The van der Waals surface area contributed by atoms with Gasteiger partial charge in [0, 0.05) is 18.8 Å². The summed E-state index contributed by atoms with van der Waals surface area (Å²) in [6.07, 6.45) is 7.16. The maximum atomic E-state index is 4.58. The summed E-state index contributed by atoms with van der Waals surface area (Å²) in [5, 5.41) is 4.50. The molecule has 0 saturated carbocycles. The first kappa shape index (κ1) is 11.8. The van der Waals surface area contributed by atoms with E-state index in [9.17, 15) is 0 Å². The molecule has 0 N–H and O–H groups in total. The molecule has 0 unspecified atom stereocenters. The predicted octanol–water partition coefficient (Wildman–Crippen LogP) is 2.79. The van der Waals surface area contributed by atoms with E-state index in [0.29, 0.717) is 0 Å². The van der Waals surface area contributed by atoms with Crippen LogP contribution in [0.5, 0.6) is 0 Å². The normalized spacial score (nSPS) is 11.9. The van der Waals surface area contributed by atoms with Gasteiger partial charge in [-0.25, -0.2) is 9.66 Å². The zero-order valence-corrected chi connectivity index (χ0v) is 11.0. The molecule has 5 nitrogen and oxygen atoms in total. The fourth-order valence-electron chi connectivity index (χ4n) is 2.12. The van der Waals surface area contributed by atoms with Crippen LogP contribution in [0.1, 0.15) is 26.1 Å². The summed E-state index contributed by atoms with van der Waals surface area (Å²) in [4.78, 5) is 13.4. The number of imidazole rings is 1. The Kier molecular flexibility index (Phi) is 2.95. The Hall–Kier alpha value is -2.30. The second kappa shape index (κ2) is 4.76. The number of fused-ring (bicyclic) bond motifs is 3. The molecule has 0 spiro atoms. The maximum Gasteiger partial charge on any atom is 0.131 e. The number of aromatic nitrogens is 4. The lowest BCUT2D eigenvalue weighted by atomic mass is 10.3. The number of nitrogens with zero attached hydrogens (tertiary/aromatic N) is 5. The average molecular weight is 253 g/mol. The maximum absolute atomic E-state index is 4.58. The van der Waals surface area contributed by atoms with E-state index in [4.69, 9.17) is 0 Å². The van der Waals surface area contributed by atoms with Crippen LogP contribution in [0, 0.1) is 0 Å². The summed E-state index contributed by atoms with van der Waals surface area (Å²) in [6.45, 7) is 4.13. The number of pyridine rings is 2. The molecule has 3 heterocycles. The van der Waals surface area contributed by atoms with Gasteiger partial charge in [-0.1, -0.05) is 13.8 Å². The van der Waals surface area contributed by atoms with E-state index in [-0.39, 0.29) is 0 Å². The highest BCUT2D eigenvalue weighted by Gasteiger charge is 2.13. The van der Waals surface area contributed by atoms with Gasteiger partial charge in [-0.2, -0.15) is 5.10 Å². The van der Waals surface area contributed by atoms with Crippen LogP contribution in [-0.4, -0.2) is 25.8 Å². The Morgan fingerprint density at radius 1 is 1.26 bits per heavy atom. The Labute approximate surface area is 111 Å². The summed E-state index contributed by atoms with van der Waals surface area (Å²) in [6, 6.07) is 3.84.